The minimum atomic E-state index is 0.0412. The van der Waals surface area contributed by atoms with Crippen LogP contribution < -0.4 is 0 Å². The molecule has 0 spiro atoms. The van der Waals surface area contributed by atoms with E-state index in [-0.39, 0.29) is 5.41 Å². The van der Waals surface area contributed by atoms with Crippen molar-refractivity contribution in [1.82, 2.24) is 9.97 Å². The number of aromatic nitrogens is 2. The van der Waals surface area contributed by atoms with Crippen LogP contribution >= 0.6 is 0 Å². The number of nitrogens with zero attached hydrogens (tertiary/aromatic N) is 2. The van der Waals surface area contributed by atoms with Gasteiger partial charge >= 0.3 is 0 Å². The Morgan fingerprint density at radius 3 is 2.55 bits per heavy atom. The fraction of sp³-hybridized carbons (Fsp3) is 0.154. The van der Waals surface area contributed by atoms with Crippen molar-refractivity contribution in [3.05, 3.63) is 85.0 Å². The van der Waals surface area contributed by atoms with Gasteiger partial charge in [-0.1, -0.05) is 45.0 Å². The number of pyridine rings is 2. The molecule has 0 atom stereocenters. The topological polar surface area (TPSA) is 38.9 Å². The molecule has 5 rings (SSSR count). The lowest BCUT2D eigenvalue weighted by Gasteiger charge is -2.22. The molecular formula is C26H22N2O. The van der Waals surface area contributed by atoms with E-state index in [1.807, 2.05) is 24.5 Å². The van der Waals surface area contributed by atoms with Gasteiger partial charge in [-0.15, -0.1) is 0 Å². The van der Waals surface area contributed by atoms with Gasteiger partial charge in [0.05, 0.1) is 18.2 Å². The lowest BCUT2D eigenvalue weighted by molar-refractivity contribution is 0.596. The number of benzene rings is 2. The van der Waals surface area contributed by atoms with Crippen LogP contribution in [0.2, 0.25) is 0 Å². The van der Waals surface area contributed by atoms with Crippen LogP contribution in [-0.2, 0) is 5.41 Å². The molecule has 5 aromatic rings. The maximum atomic E-state index is 5.52. The predicted molar refractivity (Wildman–Crippen MR) is 119 cm³/mol. The van der Waals surface area contributed by atoms with E-state index in [1.165, 1.54) is 16.3 Å². The van der Waals surface area contributed by atoms with Gasteiger partial charge in [-0.3, -0.25) is 9.97 Å². The average molecular weight is 378 g/mol. The lowest BCUT2D eigenvalue weighted by atomic mass is 9.82. The maximum Gasteiger partial charge on any atom is 0.152 e. The van der Waals surface area contributed by atoms with Crippen molar-refractivity contribution in [3.63, 3.8) is 0 Å². The summed E-state index contributed by atoms with van der Waals surface area (Å²) in [6.45, 7) is 6.77. The zero-order valence-electron chi connectivity index (χ0n) is 16.8. The summed E-state index contributed by atoms with van der Waals surface area (Å²) in [4.78, 5) is 9.03. The molecule has 3 aromatic heterocycles. The zero-order valence-corrected chi connectivity index (χ0v) is 16.8. The molecule has 0 bridgehead atoms. The van der Waals surface area contributed by atoms with Gasteiger partial charge in [-0.2, -0.15) is 0 Å². The standard InChI is InChI=1S/C26H22N2O/c1-26(2,3)23-13-19(12-17-6-4-5-7-20(17)23)24-14-18(8-10-28-24)22-15-27-16-25-21(22)9-11-29-25/h4-16H,1-3H3. The lowest BCUT2D eigenvalue weighted by Crippen LogP contribution is -2.12. The van der Waals surface area contributed by atoms with Crippen LogP contribution in [0.3, 0.4) is 0 Å². The fourth-order valence-electron chi connectivity index (χ4n) is 3.96. The molecule has 0 fully saturated rings. The van der Waals surface area contributed by atoms with E-state index in [2.05, 4.69) is 73.2 Å². The second-order valence-electron chi connectivity index (χ2n) is 8.44. The average Bonchev–Trinajstić information content (AvgIpc) is 3.21. The molecule has 29 heavy (non-hydrogen) atoms. The minimum Gasteiger partial charge on any atom is -0.463 e. The first-order valence-corrected chi connectivity index (χ1v) is 9.82. The second-order valence-corrected chi connectivity index (χ2v) is 8.44. The Kier molecular flexibility index (Phi) is 3.99. The van der Waals surface area contributed by atoms with E-state index < -0.39 is 0 Å². The molecule has 0 N–H and O–H groups in total. The molecule has 3 heterocycles. The monoisotopic (exact) mass is 378 g/mol. The molecule has 0 aliphatic carbocycles. The van der Waals surface area contributed by atoms with E-state index in [9.17, 15) is 0 Å². The summed E-state index contributed by atoms with van der Waals surface area (Å²) in [5.41, 5.74) is 6.39. The van der Waals surface area contributed by atoms with Crippen molar-refractivity contribution >= 4 is 21.7 Å². The normalized spacial score (nSPS) is 12.0. The Balaban J connectivity index is 1.70. The molecule has 3 nitrogen and oxygen atoms in total. The predicted octanol–water partition coefficient (Wildman–Crippen LogP) is 7.01. The molecule has 3 heteroatoms. The third-order valence-electron chi connectivity index (χ3n) is 5.42. The minimum absolute atomic E-state index is 0.0412. The van der Waals surface area contributed by atoms with E-state index in [4.69, 9.17) is 4.42 Å². The van der Waals surface area contributed by atoms with Crippen molar-refractivity contribution in [1.29, 1.82) is 0 Å². The number of hydrogen-bond donors (Lipinski definition) is 0. The summed E-state index contributed by atoms with van der Waals surface area (Å²) in [5, 5.41) is 3.60. The summed E-state index contributed by atoms with van der Waals surface area (Å²) < 4.78 is 5.52. The number of hydrogen-bond acceptors (Lipinski definition) is 3. The fourth-order valence-corrected chi connectivity index (χ4v) is 3.96. The molecular weight excluding hydrogens is 356 g/mol. The van der Waals surface area contributed by atoms with Crippen LogP contribution in [0, 0.1) is 0 Å². The molecule has 0 saturated carbocycles. The van der Waals surface area contributed by atoms with Gasteiger partial charge in [0, 0.05) is 28.9 Å². The molecule has 2 aromatic carbocycles. The van der Waals surface area contributed by atoms with E-state index in [1.54, 1.807) is 12.5 Å². The maximum absolute atomic E-state index is 5.52. The van der Waals surface area contributed by atoms with Gasteiger partial charge in [0.2, 0.25) is 0 Å². The van der Waals surface area contributed by atoms with Gasteiger partial charge in [-0.25, -0.2) is 0 Å². The third-order valence-corrected chi connectivity index (χ3v) is 5.42. The highest BCUT2D eigenvalue weighted by atomic mass is 16.3. The van der Waals surface area contributed by atoms with Crippen molar-refractivity contribution in [2.45, 2.75) is 26.2 Å². The Hall–Kier alpha value is -3.46. The summed E-state index contributed by atoms with van der Waals surface area (Å²) in [7, 11) is 0. The molecule has 0 aliphatic heterocycles. The van der Waals surface area contributed by atoms with Crippen molar-refractivity contribution in [3.8, 4) is 22.4 Å². The van der Waals surface area contributed by atoms with Gasteiger partial charge in [0.15, 0.2) is 5.58 Å². The second kappa shape index (κ2) is 6.56. The zero-order chi connectivity index (χ0) is 20.0. The van der Waals surface area contributed by atoms with Crippen LogP contribution in [0.1, 0.15) is 26.3 Å². The van der Waals surface area contributed by atoms with Crippen LogP contribution in [0.15, 0.2) is 83.9 Å². The van der Waals surface area contributed by atoms with Crippen LogP contribution in [0.25, 0.3) is 44.1 Å². The van der Waals surface area contributed by atoms with Crippen LogP contribution in [0.4, 0.5) is 0 Å². The number of rotatable bonds is 2. The van der Waals surface area contributed by atoms with Gasteiger partial charge in [-0.05, 0) is 57.6 Å². The van der Waals surface area contributed by atoms with Gasteiger partial charge in [0.25, 0.3) is 0 Å². The van der Waals surface area contributed by atoms with Crippen LogP contribution in [0.5, 0.6) is 0 Å². The highest BCUT2D eigenvalue weighted by molar-refractivity contribution is 5.94. The molecule has 0 aliphatic rings. The van der Waals surface area contributed by atoms with Crippen molar-refractivity contribution in [2.24, 2.45) is 0 Å². The highest BCUT2D eigenvalue weighted by Gasteiger charge is 2.19. The van der Waals surface area contributed by atoms with E-state index in [0.717, 1.165) is 33.4 Å². The summed E-state index contributed by atoms with van der Waals surface area (Å²) in [6, 6.07) is 19.2. The Morgan fingerprint density at radius 2 is 1.69 bits per heavy atom. The quantitative estimate of drug-likeness (QED) is 0.332. The SMILES string of the molecule is CC(C)(C)c1cc(-c2cc(-c3cncc4occc34)ccn2)cc2ccccc12. The molecule has 0 unspecified atom stereocenters. The summed E-state index contributed by atoms with van der Waals surface area (Å²) in [6.07, 6.45) is 7.21. The van der Waals surface area contributed by atoms with Gasteiger partial charge < -0.3 is 4.42 Å². The molecule has 0 saturated heterocycles. The summed E-state index contributed by atoms with van der Waals surface area (Å²) >= 11 is 0. The Bertz CT molecular complexity index is 1340. The van der Waals surface area contributed by atoms with Crippen molar-refractivity contribution < 1.29 is 4.42 Å². The first kappa shape index (κ1) is 17.6. The summed E-state index contributed by atoms with van der Waals surface area (Å²) in [5.74, 6) is 0. The third kappa shape index (κ3) is 3.09. The highest BCUT2D eigenvalue weighted by Crippen LogP contribution is 2.36. The van der Waals surface area contributed by atoms with Crippen LogP contribution in [-0.4, -0.2) is 9.97 Å². The largest absolute Gasteiger partial charge is 0.463 e. The van der Waals surface area contributed by atoms with Crippen molar-refractivity contribution in [2.75, 3.05) is 0 Å². The number of furan rings is 1. The molecule has 0 radical (unpaired) electrons. The first-order valence-electron chi connectivity index (χ1n) is 9.82. The van der Waals surface area contributed by atoms with Gasteiger partial charge in [0.1, 0.15) is 0 Å². The molecule has 0 amide bonds. The number of fused-ring (bicyclic) bond motifs is 2. The smallest absolute Gasteiger partial charge is 0.152 e. The van der Waals surface area contributed by atoms with E-state index >= 15 is 0 Å². The Labute approximate surface area is 170 Å². The first-order chi connectivity index (χ1) is 14.0. The molecule has 142 valence electrons. The van der Waals surface area contributed by atoms with E-state index in [0.29, 0.717) is 0 Å². The Morgan fingerprint density at radius 1 is 0.828 bits per heavy atom.